The van der Waals surface area contributed by atoms with Gasteiger partial charge in [0.1, 0.15) is 5.82 Å². The summed E-state index contributed by atoms with van der Waals surface area (Å²) in [6.07, 6.45) is 3.90. The molecule has 16 heavy (non-hydrogen) atoms. The molecule has 0 saturated carbocycles. The van der Waals surface area contributed by atoms with Gasteiger partial charge >= 0.3 is 0 Å². The highest BCUT2D eigenvalue weighted by atomic mass is 35.5. The molecule has 0 amide bonds. The SMILES string of the molecule is NCCc1cncn1-c1ccc(Cl)cc1F. The molecule has 0 aliphatic carbocycles. The van der Waals surface area contributed by atoms with Crippen LogP contribution in [0.3, 0.4) is 0 Å². The van der Waals surface area contributed by atoms with Crippen LogP contribution in [0, 0.1) is 5.82 Å². The van der Waals surface area contributed by atoms with Crippen LogP contribution in [-0.2, 0) is 6.42 Å². The van der Waals surface area contributed by atoms with Crippen molar-refractivity contribution in [2.24, 2.45) is 5.73 Å². The lowest BCUT2D eigenvalue weighted by molar-refractivity contribution is 0.615. The molecule has 0 aliphatic heterocycles. The van der Waals surface area contributed by atoms with Gasteiger partial charge in [0.25, 0.3) is 0 Å². The van der Waals surface area contributed by atoms with Gasteiger partial charge in [-0.2, -0.15) is 0 Å². The fraction of sp³-hybridized carbons (Fsp3) is 0.182. The van der Waals surface area contributed by atoms with Crippen molar-refractivity contribution < 1.29 is 4.39 Å². The van der Waals surface area contributed by atoms with Crippen LogP contribution in [0.1, 0.15) is 5.69 Å². The Balaban J connectivity index is 2.46. The van der Waals surface area contributed by atoms with Crippen LogP contribution in [0.15, 0.2) is 30.7 Å². The van der Waals surface area contributed by atoms with Gasteiger partial charge in [-0.25, -0.2) is 9.37 Å². The summed E-state index contributed by atoms with van der Waals surface area (Å²) in [5.74, 6) is -0.372. The minimum Gasteiger partial charge on any atom is -0.330 e. The van der Waals surface area contributed by atoms with Crippen LogP contribution in [-0.4, -0.2) is 16.1 Å². The molecule has 0 atom stereocenters. The normalized spacial score (nSPS) is 10.7. The Labute approximate surface area is 97.7 Å². The van der Waals surface area contributed by atoms with E-state index in [2.05, 4.69) is 4.98 Å². The molecular formula is C11H11ClFN3. The van der Waals surface area contributed by atoms with Crippen molar-refractivity contribution in [3.05, 3.63) is 47.3 Å². The minimum atomic E-state index is -0.372. The number of imidazole rings is 1. The average Bonchev–Trinajstić information content (AvgIpc) is 2.67. The Morgan fingerprint density at radius 2 is 2.25 bits per heavy atom. The molecule has 0 spiro atoms. The van der Waals surface area contributed by atoms with E-state index in [4.69, 9.17) is 17.3 Å². The molecule has 0 radical (unpaired) electrons. The van der Waals surface area contributed by atoms with Crippen LogP contribution >= 0.6 is 11.6 Å². The molecule has 0 unspecified atom stereocenters. The van der Waals surface area contributed by atoms with E-state index in [0.29, 0.717) is 23.7 Å². The Hall–Kier alpha value is -1.39. The van der Waals surface area contributed by atoms with Gasteiger partial charge in [-0.05, 0) is 24.7 Å². The van der Waals surface area contributed by atoms with E-state index in [-0.39, 0.29) is 5.82 Å². The van der Waals surface area contributed by atoms with Crippen molar-refractivity contribution in [2.75, 3.05) is 6.54 Å². The molecule has 3 nitrogen and oxygen atoms in total. The third kappa shape index (κ3) is 2.08. The predicted octanol–water partition coefficient (Wildman–Crippen LogP) is 2.17. The van der Waals surface area contributed by atoms with E-state index >= 15 is 0 Å². The summed E-state index contributed by atoms with van der Waals surface area (Å²) in [6.45, 7) is 0.501. The topological polar surface area (TPSA) is 43.8 Å². The second-order valence-corrected chi connectivity index (χ2v) is 3.83. The third-order valence-corrected chi connectivity index (χ3v) is 2.52. The molecule has 0 fully saturated rings. The standard InChI is InChI=1S/C11H11ClFN3/c12-8-1-2-11(10(13)5-8)16-7-15-6-9(16)3-4-14/h1-2,5-7H,3-4,14H2. The number of halogens is 2. The van der Waals surface area contributed by atoms with Gasteiger partial charge in [0.2, 0.25) is 0 Å². The molecule has 1 aromatic heterocycles. The zero-order chi connectivity index (χ0) is 11.5. The van der Waals surface area contributed by atoms with Gasteiger partial charge in [0, 0.05) is 23.3 Å². The highest BCUT2D eigenvalue weighted by molar-refractivity contribution is 6.30. The molecule has 84 valence electrons. The zero-order valence-corrected chi connectivity index (χ0v) is 9.28. The van der Waals surface area contributed by atoms with Crippen molar-refractivity contribution in [2.45, 2.75) is 6.42 Å². The fourth-order valence-electron chi connectivity index (χ4n) is 1.55. The maximum absolute atomic E-state index is 13.7. The Morgan fingerprint density at radius 1 is 1.44 bits per heavy atom. The molecule has 1 aromatic carbocycles. The van der Waals surface area contributed by atoms with Crippen LogP contribution in [0.2, 0.25) is 5.02 Å². The molecule has 2 N–H and O–H groups in total. The largest absolute Gasteiger partial charge is 0.330 e. The van der Waals surface area contributed by atoms with Crippen molar-refractivity contribution >= 4 is 11.6 Å². The van der Waals surface area contributed by atoms with Crippen LogP contribution in [0.4, 0.5) is 4.39 Å². The maximum atomic E-state index is 13.7. The average molecular weight is 240 g/mol. The summed E-state index contributed by atoms with van der Waals surface area (Å²) in [4.78, 5) is 3.99. The highest BCUT2D eigenvalue weighted by Crippen LogP contribution is 2.19. The maximum Gasteiger partial charge on any atom is 0.148 e. The number of nitrogens with zero attached hydrogens (tertiary/aromatic N) is 2. The van der Waals surface area contributed by atoms with Crippen molar-refractivity contribution in [1.82, 2.24) is 9.55 Å². The lowest BCUT2D eigenvalue weighted by Gasteiger charge is -2.08. The molecule has 1 heterocycles. The number of aromatic nitrogens is 2. The van der Waals surface area contributed by atoms with Crippen LogP contribution in [0.25, 0.3) is 5.69 Å². The molecule has 0 saturated heterocycles. The summed E-state index contributed by atoms with van der Waals surface area (Å²) in [7, 11) is 0. The Morgan fingerprint density at radius 3 is 2.94 bits per heavy atom. The predicted molar refractivity (Wildman–Crippen MR) is 61.3 cm³/mol. The summed E-state index contributed by atoms with van der Waals surface area (Å²) in [5.41, 5.74) is 6.79. The molecule has 2 aromatic rings. The Bertz CT molecular complexity index is 496. The van der Waals surface area contributed by atoms with E-state index in [1.165, 1.54) is 6.07 Å². The zero-order valence-electron chi connectivity index (χ0n) is 8.53. The lowest BCUT2D eigenvalue weighted by Crippen LogP contribution is -2.08. The lowest BCUT2D eigenvalue weighted by atomic mass is 10.2. The monoisotopic (exact) mass is 239 g/mol. The second kappa shape index (κ2) is 4.63. The molecule has 0 bridgehead atoms. The first-order chi connectivity index (χ1) is 7.72. The van der Waals surface area contributed by atoms with Gasteiger partial charge in [-0.3, -0.25) is 0 Å². The fourth-order valence-corrected chi connectivity index (χ4v) is 1.71. The van der Waals surface area contributed by atoms with Crippen molar-refractivity contribution in [1.29, 1.82) is 0 Å². The summed E-state index contributed by atoms with van der Waals surface area (Å²) in [6, 6.07) is 4.55. The quantitative estimate of drug-likeness (QED) is 0.892. The van der Waals surface area contributed by atoms with Crippen LogP contribution < -0.4 is 5.73 Å². The first-order valence-corrected chi connectivity index (χ1v) is 5.27. The van der Waals surface area contributed by atoms with Crippen molar-refractivity contribution in [3.63, 3.8) is 0 Å². The van der Waals surface area contributed by atoms with Gasteiger partial charge in [-0.15, -0.1) is 0 Å². The smallest absolute Gasteiger partial charge is 0.148 e. The van der Waals surface area contributed by atoms with E-state index in [1.54, 1.807) is 29.2 Å². The summed E-state index contributed by atoms with van der Waals surface area (Å²) >= 11 is 5.69. The minimum absolute atomic E-state index is 0.372. The number of rotatable bonds is 3. The molecule has 2 rings (SSSR count). The molecule has 5 heteroatoms. The highest BCUT2D eigenvalue weighted by Gasteiger charge is 2.08. The Kier molecular flexibility index (Phi) is 3.22. The number of hydrogen-bond donors (Lipinski definition) is 1. The summed E-state index contributed by atoms with van der Waals surface area (Å²) in [5, 5.41) is 0.377. The van der Waals surface area contributed by atoms with Gasteiger partial charge in [0.05, 0.1) is 12.0 Å². The van der Waals surface area contributed by atoms with E-state index in [0.717, 1.165) is 5.69 Å². The molecule has 0 aliphatic rings. The second-order valence-electron chi connectivity index (χ2n) is 3.39. The van der Waals surface area contributed by atoms with Gasteiger partial charge < -0.3 is 10.3 Å². The summed E-state index contributed by atoms with van der Waals surface area (Å²) < 4.78 is 15.3. The number of benzene rings is 1. The van der Waals surface area contributed by atoms with Gasteiger partial charge in [-0.1, -0.05) is 11.6 Å². The molecular weight excluding hydrogens is 229 g/mol. The first kappa shape index (κ1) is 11.1. The number of hydrogen-bond acceptors (Lipinski definition) is 2. The number of nitrogens with two attached hydrogens (primary N) is 1. The van der Waals surface area contributed by atoms with E-state index in [9.17, 15) is 4.39 Å². The van der Waals surface area contributed by atoms with E-state index < -0.39 is 0 Å². The van der Waals surface area contributed by atoms with Gasteiger partial charge in [0.15, 0.2) is 0 Å². The van der Waals surface area contributed by atoms with E-state index in [1.807, 2.05) is 0 Å². The van der Waals surface area contributed by atoms with Crippen molar-refractivity contribution in [3.8, 4) is 5.69 Å². The van der Waals surface area contributed by atoms with Crippen LogP contribution in [0.5, 0.6) is 0 Å². The third-order valence-electron chi connectivity index (χ3n) is 2.28. The first-order valence-electron chi connectivity index (χ1n) is 4.89.